The zero-order valence-electron chi connectivity index (χ0n) is 11.7. The predicted octanol–water partition coefficient (Wildman–Crippen LogP) is 3.36. The summed E-state index contributed by atoms with van der Waals surface area (Å²) in [5.74, 6) is 0. The van der Waals surface area contributed by atoms with E-state index in [0.717, 1.165) is 22.5 Å². The molecule has 0 amide bonds. The second-order valence-corrected chi connectivity index (χ2v) is 5.08. The molecule has 0 unspecified atom stereocenters. The van der Waals surface area contributed by atoms with Gasteiger partial charge < -0.3 is 4.98 Å². The van der Waals surface area contributed by atoms with Crippen LogP contribution in [-0.2, 0) is 0 Å². The van der Waals surface area contributed by atoms with Crippen LogP contribution in [0.5, 0.6) is 0 Å². The number of hydrogen-bond donors (Lipinski definition) is 1. The average Bonchev–Trinajstić information content (AvgIpc) is 2.99. The Bertz CT molecular complexity index is 985. The minimum Gasteiger partial charge on any atom is -0.307 e. The summed E-state index contributed by atoms with van der Waals surface area (Å²) < 4.78 is 1.78. The van der Waals surface area contributed by atoms with E-state index in [9.17, 15) is 4.79 Å². The molecule has 1 N–H and O–H groups in total. The maximum Gasteiger partial charge on any atom is 0.251 e. The zero-order chi connectivity index (χ0) is 14.9. The molecule has 0 aliphatic rings. The third-order valence-electron chi connectivity index (χ3n) is 3.60. The number of benzene rings is 2. The van der Waals surface area contributed by atoms with Gasteiger partial charge in [0.25, 0.3) is 5.56 Å². The van der Waals surface area contributed by atoms with Gasteiger partial charge in [-0.15, -0.1) is 0 Å². The van der Waals surface area contributed by atoms with Crippen LogP contribution in [0.25, 0.3) is 28.2 Å². The van der Waals surface area contributed by atoms with Gasteiger partial charge in [0.2, 0.25) is 0 Å². The first-order valence-electron chi connectivity index (χ1n) is 7.05. The summed E-state index contributed by atoms with van der Waals surface area (Å²) in [6.45, 7) is 0. The molecule has 0 aliphatic heterocycles. The van der Waals surface area contributed by atoms with E-state index in [1.54, 1.807) is 10.6 Å². The van der Waals surface area contributed by atoms with Crippen molar-refractivity contribution in [2.75, 3.05) is 0 Å². The molecule has 4 aromatic rings. The first-order valence-corrected chi connectivity index (χ1v) is 7.05. The van der Waals surface area contributed by atoms with Gasteiger partial charge in [-0.25, -0.2) is 4.52 Å². The summed E-state index contributed by atoms with van der Waals surface area (Å²) >= 11 is 0. The van der Waals surface area contributed by atoms with Crippen molar-refractivity contribution < 1.29 is 0 Å². The number of hydrogen-bond acceptors (Lipinski definition) is 2. The van der Waals surface area contributed by atoms with Crippen LogP contribution in [-0.4, -0.2) is 14.6 Å². The Kier molecular flexibility index (Phi) is 2.86. The molecule has 0 bridgehead atoms. The normalized spacial score (nSPS) is 10.9. The Morgan fingerprint density at radius 1 is 0.818 bits per heavy atom. The van der Waals surface area contributed by atoms with Crippen LogP contribution < -0.4 is 5.56 Å². The highest BCUT2D eigenvalue weighted by atomic mass is 16.1. The molecule has 0 aliphatic carbocycles. The zero-order valence-corrected chi connectivity index (χ0v) is 11.7. The largest absolute Gasteiger partial charge is 0.307 e. The SMILES string of the molecule is O=c1cc(-c2ccccc2)n2nc(-c3ccccc3)cc2[nH]1. The maximum absolute atomic E-state index is 11.9. The Morgan fingerprint density at radius 3 is 2.14 bits per heavy atom. The van der Waals surface area contributed by atoms with Crippen LogP contribution in [0.2, 0.25) is 0 Å². The van der Waals surface area contributed by atoms with E-state index in [1.807, 2.05) is 66.7 Å². The summed E-state index contributed by atoms with van der Waals surface area (Å²) in [6.07, 6.45) is 0. The van der Waals surface area contributed by atoms with E-state index in [-0.39, 0.29) is 5.56 Å². The van der Waals surface area contributed by atoms with Crippen molar-refractivity contribution in [2.24, 2.45) is 0 Å². The molecule has 0 spiro atoms. The highest BCUT2D eigenvalue weighted by molar-refractivity contribution is 5.68. The molecule has 106 valence electrons. The van der Waals surface area contributed by atoms with E-state index in [2.05, 4.69) is 10.1 Å². The Balaban J connectivity index is 1.99. The second kappa shape index (κ2) is 5.00. The number of aromatic amines is 1. The fourth-order valence-corrected chi connectivity index (χ4v) is 2.57. The van der Waals surface area contributed by atoms with Crippen LogP contribution in [0.15, 0.2) is 77.6 Å². The van der Waals surface area contributed by atoms with Gasteiger partial charge in [0.15, 0.2) is 0 Å². The molecule has 4 rings (SSSR count). The van der Waals surface area contributed by atoms with Gasteiger partial charge in [-0.2, -0.15) is 5.10 Å². The van der Waals surface area contributed by atoms with Crippen molar-refractivity contribution in [1.82, 2.24) is 14.6 Å². The van der Waals surface area contributed by atoms with Crippen molar-refractivity contribution in [3.05, 3.63) is 83.2 Å². The molecular formula is C18H13N3O. The molecule has 0 saturated carbocycles. The molecule has 4 nitrogen and oxygen atoms in total. The molecule has 2 heterocycles. The van der Waals surface area contributed by atoms with Gasteiger partial charge in [0, 0.05) is 23.3 Å². The summed E-state index contributed by atoms with van der Waals surface area (Å²) in [6, 6.07) is 23.2. The number of aromatic nitrogens is 3. The lowest BCUT2D eigenvalue weighted by molar-refractivity contribution is 0.943. The highest BCUT2D eigenvalue weighted by Gasteiger charge is 2.10. The summed E-state index contributed by atoms with van der Waals surface area (Å²) in [5.41, 5.74) is 4.14. The fraction of sp³-hybridized carbons (Fsp3) is 0. The topological polar surface area (TPSA) is 50.2 Å². The van der Waals surface area contributed by atoms with E-state index in [0.29, 0.717) is 5.65 Å². The Hall–Kier alpha value is -3.14. The van der Waals surface area contributed by atoms with E-state index in [4.69, 9.17) is 0 Å². The number of rotatable bonds is 2. The van der Waals surface area contributed by atoms with E-state index in [1.165, 1.54) is 0 Å². The molecule has 2 aromatic heterocycles. The Labute approximate surface area is 126 Å². The third-order valence-corrected chi connectivity index (χ3v) is 3.60. The molecule has 0 fully saturated rings. The third kappa shape index (κ3) is 2.11. The lowest BCUT2D eigenvalue weighted by Gasteiger charge is -2.03. The summed E-state index contributed by atoms with van der Waals surface area (Å²) in [4.78, 5) is 14.8. The molecule has 0 radical (unpaired) electrons. The smallest absolute Gasteiger partial charge is 0.251 e. The maximum atomic E-state index is 11.9. The molecule has 0 atom stereocenters. The number of fused-ring (bicyclic) bond motifs is 1. The van der Waals surface area contributed by atoms with Crippen molar-refractivity contribution in [1.29, 1.82) is 0 Å². The van der Waals surface area contributed by atoms with Crippen LogP contribution in [0, 0.1) is 0 Å². The number of nitrogens with zero attached hydrogens (tertiary/aromatic N) is 2. The van der Waals surface area contributed by atoms with E-state index >= 15 is 0 Å². The first-order chi connectivity index (χ1) is 10.8. The van der Waals surface area contributed by atoms with E-state index < -0.39 is 0 Å². The molecule has 4 heteroatoms. The fourth-order valence-electron chi connectivity index (χ4n) is 2.57. The molecule has 0 saturated heterocycles. The lowest BCUT2D eigenvalue weighted by atomic mass is 10.1. The van der Waals surface area contributed by atoms with Crippen LogP contribution in [0.1, 0.15) is 0 Å². The highest BCUT2D eigenvalue weighted by Crippen LogP contribution is 2.22. The predicted molar refractivity (Wildman–Crippen MR) is 86.7 cm³/mol. The minimum atomic E-state index is -0.133. The summed E-state index contributed by atoms with van der Waals surface area (Å²) in [5, 5.41) is 4.65. The monoisotopic (exact) mass is 287 g/mol. The summed E-state index contributed by atoms with van der Waals surface area (Å²) in [7, 11) is 0. The van der Waals surface area contributed by atoms with Gasteiger partial charge in [0.1, 0.15) is 5.65 Å². The van der Waals surface area contributed by atoms with Crippen molar-refractivity contribution >= 4 is 5.65 Å². The van der Waals surface area contributed by atoms with Gasteiger partial charge in [-0.05, 0) is 0 Å². The molecule has 2 aromatic carbocycles. The number of nitrogens with one attached hydrogen (secondary N) is 1. The van der Waals surface area contributed by atoms with Gasteiger partial charge in [0.05, 0.1) is 11.4 Å². The molecular weight excluding hydrogens is 274 g/mol. The quantitative estimate of drug-likeness (QED) is 0.614. The lowest BCUT2D eigenvalue weighted by Crippen LogP contribution is -2.09. The minimum absolute atomic E-state index is 0.133. The number of H-pyrrole nitrogens is 1. The van der Waals surface area contributed by atoms with Gasteiger partial charge in [-0.3, -0.25) is 4.79 Å². The van der Waals surface area contributed by atoms with Crippen LogP contribution >= 0.6 is 0 Å². The first kappa shape index (κ1) is 12.6. The van der Waals surface area contributed by atoms with Crippen LogP contribution in [0.3, 0.4) is 0 Å². The van der Waals surface area contributed by atoms with Gasteiger partial charge >= 0.3 is 0 Å². The van der Waals surface area contributed by atoms with Crippen molar-refractivity contribution in [3.8, 4) is 22.5 Å². The van der Waals surface area contributed by atoms with Gasteiger partial charge in [-0.1, -0.05) is 60.7 Å². The van der Waals surface area contributed by atoms with Crippen molar-refractivity contribution in [2.45, 2.75) is 0 Å². The second-order valence-electron chi connectivity index (χ2n) is 5.08. The standard InChI is InChI=1S/C18H13N3O/c22-18-12-16(14-9-5-2-6-10-14)21-17(19-18)11-15(20-21)13-7-3-1-4-8-13/h1-12H,(H,19,22). The molecule has 22 heavy (non-hydrogen) atoms. The average molecular weight is 287 g/mol. The Morgan fingerprint density at radius 2 is 1.45 bits per heavy atom. The van der Waals surface area contributed by atoms with Crippen molar-refractivity contribution in [3.63, 3.8) is 0 Å². The van der Waals surface area contributed by atoms with Crippen LogP contribution in [0.4, 0.5) is 0 Å².